The summed E-state index contributed by atoms with van der Waals surface area (Å²) >= 11 is 0. The van der Waals surface area contributed by atoms with Gasteiger partial charge < -0.3 is 15.1 Å². The lowest BCUT2D eigenvalue weighted by Gasteiger charge is -2.37. The molecule has 0 aromatic carbocycles. The number of nitrogens with one attached hydrogen (secondary N) is 1. The summed E-state index contributed by atoms with van der Waals surface area (Å²) in [6.07, 6.45) is 4.46. The highest BCUT2D eigenvalue weighted by Crippen LogP contribution is 2.22. The fraction of sp³-hybridized carbons (Fsp3) is 0.667. The second kappa shape index (κ2) is 6.35. The van der Waals surface area contributed by atoms with Gasteiger partial charge in [0, 0.05) is 31.4 Å². The van der Waals surface area contributed by atoms with Crippen LogP contribution in [0.3, 0.4) is 0 Å². The van der Waals surface area contributed by atoms with Gasteiger partial charge in [-0.15, -0.1) is 0 Å². The zero-order chi connectivity index (χ0) is 13.8. The number of likely N-dealkylation sites (N-methyl/N-ethyl adjacent to an activating group) is 1. The van der Waals surface area contributed by atoms with Crippen molar-refractivity contribution >= 4 is 5.82 Å². The molecule has 19 heavy (non-hydrogen) atoms. The van der Waals surface area contributed by atoms with Crippen molar-refractivity contribution in [2.24, 2.45) is 0 Å². The van der Waals surface area contributed by atoms with E-state index in [-0.39, 0.29) is 0 Å². The van der Waals surface area contributed by atoms with Gasteiger partial charge in [-0.25, -0.2) is 4.98 Å². The van der Waals surface area contributed by atoms with Gasteiger partial charge in [-0.2, -0.15) is 0 Å². The molecule has 4 heteroatoms. The SMILES string of the molecule is CNC(C)c1ccnc(N2CCCC(N(C)C)C2)c1. The van der Waals surface area contributed by atoms with E-state index in [1.807, 2.05) is 13.2 Å². The van der Waals surface area contributed by atoms with Crippen molar-refractivity contribution < 1.29 is 0 Å². The summed E-state index contributed by atoms with van der Waals surface area (Å²) in [7, 11) is 6.33. The largest absolute Gasteiger partial charge is 0.355 e. The molecular formula is C15H26N4. The number of hydrogen-bond donors (Lipinski definition) is 1. The fourth-order valence-corrected chi connectivity index (χ4v) is 2.63. The molecule has 2 rings (SSSR count). The zero-order valence-corrected chi connectivity index (χ0v) is 12.6. The highest BCUT2D eigenvalue weighted by molar-refractivity contribution is 5.42. The summed E-state index contributed by atoms with van der Waals surface area (Å²) < 4.78 is 0. The molecule has 1 fully saturated rings. The molecule has 4 nitrogen and oxygen atoms in total. The zero-order valence-electron chi connectivity index (χ0n) is 12.6. The predicted octanol–water partition coefficient (Wildman–Crippen LogP) is 1.89. The maximum atomic E-state index is 4.55. The molecular weight excluding hydrogens is 236 g/mol. The molecule has 1 saturated heterocycles. The Labute approximate surface area is 116 Å². The minimum atomic E-state index is 0.371. The van der Waals surface area contributed by atoms with Gasteiger partial charge in [-0.3, -0.25) is 0 Å². The lowest BCUT2D eigenvalue weighted by molar-refractivity contribution is 0.257. The number of rotatable bonds is 4. The van der Waals surface area contributed by atoms with Crippen LogP contribution in [0.5, 0.6) is 0 Å². The molecule has 1 aromatic rings. The van der Waals surface area contributed by atoms with E-state index in [0.717, 1.165) is 18.9 Å². The Morgan fingerprint density at radius 3 is 2.95 bits per heavy atom. The molecule has 1 aliphatic rings. The topological polar surface area (TPSA) is 31.4 Å². The fourth-order valence-electron chi connectivity index (χ4n) is 2.63. The molecule has 0 amide bonds. The Hall–Kier alpha value is -1.13. The van der Waals surface area contributed by atoms with E-state index in [4.69, 9.17) is 0 Å². The highest BCUT2D eigenvalue weighted by atomic mass is 15.2. The number of aromatic nitrogens is 1. The number of piperidine rings is 1. The molecule has 1 aromatic heterocycles. The van der Waals surface area contributed by atoms with E-state index in [1.54, 1.807) is 0 Å². The van der Waals surface area contributed by atoms with Crippen LogP contribution in [-0.4, -0.2) is 50.2 Å². The number of nitrogens with zero attached hydrogens (tertiary/aromatic N) is 3. The van der Waals surface area contributed by atoms with Crippen molar-refractivity contribution in [1.29, 1.82) is 0 Å². The molecule has 0 bridgehead atoms. The van der Waals surface area contributed by atoms with Crippen LogP contribution in [0.15, 0.2) is 18.3 Å². The lowest BCUT2D eigenvalue weighted by Crippen LogP contribution is -2.45. The van der Waals surface area contributed by atoms with Gasteiger partial charge in [0.2, 0.25) is 0 Å². The first-order valence-corrected chi connectivity index (χ1v) is 7.16. The van der Waals surface area contributed by atoms with Gasteiger partial charge in [-0.05, 0) is 58.6 Å². The Kier molecular flexibility index (Phi) is 4.77. The van der Waals surface area contributed by atoms with Crippen LogP contribution in [0.2, 0.25) is 0 Å². The monoisotopic (exact) mass is 262 g/mol. The van der Waals surface area contributed by atoms with Crippen molar-refractivity contribution in [3.8, 4) is 0 Å². The van der Waals surface area contributed by atoms with E-state index in [0.29, 0.717) is 12.1 Å². The van der Waals surface area contributed by atoms with E-state index < -0.39 is 0 Å². The lowest BCUT2D eigenvalue weighted by atomic mass is 10.0. The van der Waals surface area contributed by atoms with Crippen LogP contribution in [-0.2, 0) is 0 Å². The summed E-state index contributed by atoms with van der Waals surface area (Å²) in [5.41, 5.74) is 1.31. The Morgan fingerprint density at radius 1 is 1.47 bits per heavy atom. The standard InChI is InChI=1S/C15H26N4/c1-12(16-2)13-7-8-17-15(10-13)19-9-5-6-14(11-19)18(3)4/h7-8,10,12,14,16H,5-6,9,11H2,1-4H3. The smallest absolute Gasteiger partial charge is 0.128 e. The average molecular weight is 262 g/mol. The molecule has 0 spiro atoms. The van der Waals surface area contributed by atoms with Crippen LogP contribution in [0.4, 0.5) is 5.82 Å². The Morgan fingerprint density at radius 2 is 2.26 bits per heavy atom. The van der Waals surface area contributed by atoms with Crippen molar-refractivity contribution in [2.45, 2.75) is 31.8 Å². The summed E-state index contributed by atoms with van der Waals surface area (Å²) in [4.78, 5) is 9.30. The first-order chi connectivity index (χ1) is 9.11. The minimum absolute atomic E-state index is 0.371. The molecule has 0 aliphatic carbocycles. The van der Waals surface area contributed by atoms with Crippen LogP contribution in [0.1, 0.15) is 31.4 Å². The molecule has 1 N–H and O–H groups in total. The summed E-state index contributed by atoms with van der Waals surface area (Å²) in [5, 5.41) is 3.28. The van der Waals surface area contributed by atoms with E-state index in [1.165, 1.54) is 18.4 Å². The molecule has 0 radical (unpaired) electrons. The van der Waals surface area contributed by atoms with Gasteiger partial charge >= 0.3 is 0 Å². The second-order valence-electron chi connectivity index (χ2n) is 5.66. The van der Waals surface area contributed by atoms with Crippen LogP contribution in [0, 0.1) is 0 Å². The maximum Gasteiger partial charge on any atom is 0.128 e. The molecule has 2 unspecified atom stereocenters. The highest BCUT2D eigenvalue weighted by Gasteiger charge is 2.22. The van der Waals surface area contributed by atoms with Crippen molar-refractivity contribution in [3.05, 3.63) is 23.9 Å². The van der Waals surface area contributed by atoms with Crippen molar-refractivity contribution in [2.75, 3.05) is 39.1 Å². The van der Waals surface area contributed by atoms with Crippen LogP contribution < -0.4 is 10.2 Å². The predicted molar refractivity (Wildman–Crippen MR) is 80.6 cm³/mol. The summed E-state index contributed by atoms with van der Waals surface area (Å²) in [6, 6.07) is 5.33. The van der Waals surface area contributed by atoms with Gasteiger partial charge in [0.15, 0.2) is 0 Å². The quantitative estimate of drug-likeness (QED) is 0.898. The molecule has 2 heterocycles. The number of pyridine rings is 1. The summed E-state index contributed by atoms with van der Waals surface area (Å²) in [6.45, 7) is 4.38. The van der Waals surface area contributed by atoms with Gasteiger partial charge in [0.05, 0.1) is 0 Å². The van der Waals surface area contributed by atoms with E-state index in [9.17, 15) is 0 Å². The van der Waals surface area contributed by atoms with E-state index >= 15 is 0 Å². The van der Waals surface area contributed by atoms with Crippen molar-refractivity contribution in [3.63, 3.8) is 0 Å². The normalized spacial score (nSPS) is 21.7. The first kappa shape index (κ1) is 14.3. The van der Waals surface area contributed by atoms with Crippen molar-refractivity contribution in [1.82, 2.24) is 15.2 Å². The minimum Gasteiger partial charge on any atom is -0.355 e. The second-order valence-corrected chi connectivity index (χ2v) is 5.66. The third-order valence-electron chi connectivity index (χ3n) is 4.15. The Balaban J connectivity index is 2.12. The Bertz CT molecular complexity index is 405. The van der Waals surface area contributed by atoms with Gasteiger partial charge in [-0.1, -0.05) is 0 Å². The number of hydrogen-bond acceptors (Lipinski definition) is 4. The molecule has 0 saturated carbocycles. The van der Waals surface area contributed by atoms with Crippen LogP contribution >= 0.6 is 0 Å². The van der Waals surface area contributed by atoms with Gasteiger partial charge in [0.25, 0.3) is 0 Å². The number of anilines is 1. The molecule has 106 valence electrons. The molecule has 1 aliphatic heterocycles. The van der Waals surface area contributed by atoms with E-state index in [2.05, 4.69) is 53.3 Å². The first-order valence-electron chi connectivity index (χ1n) is 7.16. The molecule has 2 atom stereocenters. The average Bonchev–Trinajstić information content (AvgIpc) is 2.46. The summed E-state index contributed by atoms with van der Waals surface area (Å²) in [5.74, 6) is 1.12. The van der Waals surface area contributed by atoms with Crippen LogP contribution in [0.25, 0.3) is 0 Å². The third-order valence-corrected chi connectivity index (χ3v) is 4.15. The maximum absolute atomic E-state index is 4.55. The third kappa shape index (κ3) is 3.45. The van der Waals surface area contributed by atoms with Gasteiger partial charge in [0.1, 0.15) is 5.82 Å².